The summed E-state index contributed by atoms with van der Waals surface area (Å²) in [5.41, 5.74) is 5.64. The van der Waals surface area contributed by atoms with Crippen molar-refractivity contribution in [1.29, 1.82) is 0 Å². The average molecular weight is 515 g/mol. The number of carbonyl (C=O) groups excluding carboxylic acids is 2. The van der Waals surface area contributed by atoms with Gasteiger partial charge in [0.05, 0.1) is 17.3 Å². The SMILES string of the molecule is NC(=O)C12CC3CC(C1)C(NC(=O)CN1CCCN(c4cc(Cl)ccc4Cl)S1(=O)=O)C(C3)C2. The van der Waals surface area contributed by atoms with Gasteiger partial charge in [0, 0.05) is 29.6 Å². The summed E-state index contributed by atoms with van der Waals surface area (Å²) >= 11 is 12.3. The monoisotopic (exact) mass is 514 g/mol. The van der Waals surface area contributed by atoms with Crippen LogP contribution < -0.4 is 15.4 Å². The highest BCUT2D eigenvalue weighted by atomic mass is 35.5. The van der Waals surface area contributed by atoms with Gasteiger partial charge in [-0.2, -0.15) is 12.7 Å². The van der Waals surface area contributed by atoms with Gasteiger partial charge in [-0.05, 0) is 74.5 Å². The molecule has 2 unspecified atom stereocenters. The van der Waals surface area contributed by atoms with Crippen LogP contribution in [0.15, 0.2) is 18.2 Å². The van der Waals surface area contributed by atoms with Crippen LogP contribution in [0.2, 0.25) is 10.0 Å². The van der Waals surface area contributed by atoms with E-state index in [9.17, 15) is 18.0 Å². The molecule has 8 nitrogen and oxygen atoms in total. The van der Waals surface area contributed by atoms with Crippen LogP contribution in [-0.4, -0.2) is 50.2 Å². The number of hydrogen-bond donors (Lipinski definition) is 2. The molecule has 0 radical (unpaired) electrons. The van der Waals surface area contributed by atoms with Crippen LogP contribution in [0.25, 0.3) is 0 Å². The van der Waals surface area contributed by atoms with E-state index >= 15 is 0 Å². The fourth-order valence-corrected chi connectivity index (χ4v) is 8.91. The van der Waals surface area contributed by atoms with E-state index in [0.717, 1.165) is 19.3 Å². The predicted octanol–water partition coefficient (Wildman–Crippen LogP) is 2.55. The summed E-state index contributed by atoms with van der Waals surface area (Å²) < 4.78 is 29.0. The van der Waals surface area contributed by atoms with Gasteiger partial charge in [-0.25, -0.2) is 0 Å². The minimum atomic E-state index is -3.93. The third-order valence-corrected chi connectivity index (χ3v) is 10.4. The molecule has 11 heteroatoms. The van der Waals surface area contributed by atoms with Crippen molar-refractivity contribution in [3.8, 4) is 0 Å². The smallest absolute Gasteiger partial charge is 0.304 e. The van der Waals surface area contributed by atoms with Crippen molar-refractivity contribution in [3.05, 3.63) is 28.2 Å². The van der Waals surface area contributed by atoms with Crippen LogP contribution in [0.4, 0.5) is 5.69 Å². The van der Waals surface area contributed by atoms with E-state index in [2.05, 4.69) is 5.32 Å². The molecule has 4 bridgehead atoms. The van der Waals surface area contributed by atoms with Crippen LogP contribution >= 0.6 is 23.2 Å². The summed E-state index contributed by atoms with van der Waals surface area (Å²) in [5, 5.41) is 3.78. The van der Waals surface area contributed by atoms with Gasteiger partial charge in [0.1, 0.15) is 0 Å². The second kappa shape index (κ2) is 8.29. The first-order valence-corrected chi connectivity index (χ1v) is 13.6. The number of primary amides is 1. The van der Waals surface area contributed by atoms with Crippen molar-refractivity contribution in [2.45, 2.75) is 44.6 Å². The van der Waals surface area contributed by atoms with Gasteiger partial charge in [0.2, 0.25) is 11.8 Å². The Kier molecular flexibility index (Phi) is 5.83. The van der Waals surface area contributed by atoms with Crippen LogP contribution in [-0.2, 0) is 19.8 Å². The Labute approximate surface area is 203 Å². The summed E-state index contributed by atoms with van der Waals surface area (Å²) in [7, 11) is -3.93. The van der Waals surface area contributed by atoms with Crippen molar-refractivity contribution in [2.24, 2.45) is 28.9 Å². The average Bonchev–Trinajstić information content (AvgIpc) is 2.73. The lowest BCUT2D eigenvalue weighted by Crippen LogP contribution is -2.63. The van der Waals surface area contributed by atoms with Gasteiger partial charge in [0.25, 0.3) is 0 Å². The Bertz CT molecular complexity index is 1080. The van der Waals surface area contributed by atoms with Gasteiger partial charge in [-0.15, -0.1) is 0 Å². The molecule has 1 aromatic carbocycles. The van der Waals surface area contributed by atoms with Crippen LogP contribution in [0, 0.1) is 23.2 Å². The number of nitrogens with two attached hydrogens (primary N) is 1. The Hall–Kier alpha value is -1.55. The van der Waals surface area contributed by atoms with Gasteiger partial charge >= 0.3 is 10.2 Å². The van der Waals surface area contributed by atoms with Crippen molar-refractivity contribution >= 4 is 50.9 Å². The molecular formula is C22H28Cl2N4O4S. The molecular weight excluding hydrogens is 487 g/mol. The van der Waals surface area contributed by atoms with Gasteiger partial charge in [-0.3, -0.25) is 13.9 Å². The normalized spacial score (nSPS) is 34.9. The zero-order valence-corrected chi connectivity index (χ0v) is 20.5. The lowest BCUT2D eigenvalue weighted by atomic mass is 9.47. The fraction of sp³-hybridized carbons (Fsp3) is 0.636. The Morgan fingerprint density at radius 3 is 2.48 bits per heavy atom. The molecule has 3 N–H and O–H groups in total. The van der Waals surface area contributed by atoms with Crippen molar-refractivity contribution in [1.82, 2.24) is 9.62 Å². The molecule has 4 aliphatic carbocycles. The minimum Gasteiger partial charge on any atom is -0.369 e. The van der Waals surface area contributed by atoms with E-state index in [4.69, 9.17) is 28.9 Å². The first-order valence-electron chi connectivity index (χ1n) is 11.4. The first kappa shape index (κ1) is 23.2. The number of rotatable bonds is 5. The molecule has 6 rings (SSSR count). The van der Waals surface area contributed by atoms with Gasteiger partial charge in [0.15, 0.2) is 0 Å². The zero-order chi connectivity index (χ0) is 23.5. The molecule has 1 saturated heterocycles. The first-order chi connectivity index (χ1) is 15.6. The number of nitrogens with one attached hydrogen (secondary N) is 1. The number of halogens is 2. The van der Waals surface area contributed by atoms with Gasteiger partial charge < -0.3 is 11.1 Å². The summed E-state index contributed by atoms with van der Waals surface area (Å²) in [4.78, 5) is 25.1. The number of benzene rings is 1. The summed E-state index contributed by atoms with van der Waals surface area (Å²) in [5.74, 6) is 0.385. The second-order valence-electron chi connectivity index (χ2n) is 10.1. The van der Waals surface area contributed by atoms with Crippen molar-refractivity contribution in [2.75, 3.05) is 23.9 Å². The predicted molar refractivity (Wildman–Crippen MR) is 126 cm³/mol. The van der Waals surface area contributed by atoms with Crippen LogP contribution in [0.5, 0.6) is 0 Å². The molecule has 180 valence electrons. The highest BCUT2D eigenvalue weighted by molar-refractivity contribution is 7.90. The molecule has 1 heterocycles. The summed E-state index contributed by atoms with van der Waals surface area (Å²) in [6, 6.07) is 4.65. The van der Waals surface area contributed by atoms with Crippen LogP contribution in [0.3, 0.4) is 0 Å². The topological polar surface area (TPSA) is 113 Å². The third kappa shape index (κ3) is 4.00. The lowest BCUT2D eigenvalue weighted by molar-refractivity contribution is -0.147. The van der Waals surface area contributed by atoms with Crippen molar-refractivity contribution in [3.63, 3.8) is 0 Å². The molecule has 2 atom stereocenters. The highest BCUT2D eigenvalue weighted by Crippen LogP contribution is 2.59. The largest absolute Gasteiger partial charge is 0.369 e. The summed E-state index contributed by atoms with van der Waals surface area (Å²) in [6.07, 6.45) is 4.82. The lowest BCUT2D eigenvalue weighted by Gasteiger charge is -2.58. The Morgan fingerprint density at radius 1 is 1.12 bits per heavy atom. The molecule has 5 fully saturated rings. The fourth-order valence-electron chi connectivity index (χ4n) is 6.80. The molecule has 1 aliphatic heterocycles. The molecule has 1 aromatic rings. The molecule has 5 aliphatic rings. The number of anilines is 1. The molecule has 0 aromatic heterocycles. The Balaban J connectivity index is 1.28. The van der Waals surface area contributed by atoms with E-state index in [0.29, 0.717) is 35.9 Å². The second-order valence-corrected chi connectivity index (χ2v) is 12.8. The quantitative estimate of drug-likeness (QED) is 0.628. The minimum absolute atomic E-state index is 0.0347. The van der Waals surface area contributed by atoms with Crippen LogP contribution in [0.1, 0.15) is 38.5 Å². The molecule has 4 saturated carbocycles. The molecule has 33 heavy (non-hydrogen) atoms. The molecule has 2 amide bonds. The van der Waals surface area contributed by atoms with E-state index in [-0.39, 0.29) is 54.3 Å². The van der Waals surface area contributed by atoms with E-state index < -0.39 is 15.6 Å². The maximum Gasteiger partial charge on any atom is 0.304 e. The number of nitrogens with zero attached hydrogens (tertiary/aromatic N) is 2. The van der Waals surface area contributed by atoms with E-state index in [1.54, 1.807) is 12.1 Å². The standard InChI is InChI=1S/C22H28Cl2N4O4S/c23-16-2-3-17(24)18(8-16)28-5-1-4-27(33(28,31)32)12-19(29)26-20-14-6-13-7-15(20)11-22(9-13,10-14)21(25)30/h2-3,8,13-15,20H,1,4-7,9-12H2,(H2,25,30)(H,26,29). The highest BCUT2D eigenvalue weighted by Gasteiger charge is 2.58. The summed E-state index contributed by atoms with van der Waals surface area (Å²) in [6.45, 7) is 0.274. The number of hydrogen-bond acceptors (Lipinski definition) is 4. The van der Waals surface area contributed by atoms with Crippen molar-refractivity contribution < 1.29 is 18.0 Å². The number of amides is 2. The van der Waals surface area contributed by atoms with E-state index in [1.165, 1.54) is 14.7 Å². The zero-order valence-electron chi connectivity index (χ0n) is 18.2. The maximum absolute atomic E-state index is 13.3. The maximum atomic E-state index is 13.3. The number of carbonyl (C=O) groups is 2. The molecule has 0 spiro atoms. The van der Waals surface area contributed by atoms with Gasteiger partial charge in [-0.1, -0.05) is 23.2 Å². The van der Waals surface area contributed by atoms with E-state index in [1.807, 2.05) is 0 Å². The Morgan fingerprint density at radius 2 is 1.82 bits per heavy atom. The third-order valence-electron chi connectivity index (χ3n) is 7.99.